The minimum absolute atomic E-state index is 0.0697. The lowest BCUT2D eigenvalue weighted by molar-refractivity contribution is -0.119. The van der Waals surface area contributed by atoms with E-state index >= 15 is 0 Å². The number of nitrogens with one attached hydrogen (secondary N) is 1. The average molecular weight is 382 g/mol. The second-order valence-corrected chi connectivity index (χ2v) is 7.53. The van der Waals surface area contributed by atoms with E-state index in [9.17, 15) is 4.79 Å². The first-order valence-electron chi connectivity index (χ1n) is 9.46. The average Bonchev–Trinajstić information content (AvgIpc) is 3.34. The minimum Gasteiger partial charge on any atom is -0.473 e. The summed E-state index contributed by atoms with van der Waals surface area (Å²) in [6, 6.07) is 2.24. The molecule has 1 amide bonds. The summed E-state index contributed by atoms with van der Waals surface area (Å²) in [7, 11) is 1.92. The first-order chi connectivity index (χ1) is 13.6. The van der Waals surface area contributed by atoms with Gasteiger partial charge in [0.1, 0.15) is 11.6 Å². The second-order valence-electron chi connectivity index (χ2n) is 7.53. The number of fused-ring (bicyclic) bond motifs is 1. The van der Waals surface area contributed by atoms with Crippen LogP contribution in [0.15, 0.2) is 24.8 Å². The summed E-state index contributed by atoms with van der Waals surface area (Å²) < 4.78 is 15.3. The SMILES string of the molecule is C[C@@H](Oc1nc(-c2cnn(C3COC3)c2)cc2ncn(C)c12)C1CNC(=O)C1. The Morgan fingerprint density at radius 1 is 1.39 bits per heavy atom. The molecule has 2 aliphatic heterocycles. The Bertz CT molecular complexity index is 1040. The second kappa shape index (κ2) is 6.59. The molecule has 3 aromatic rings. The number of carbonyl (C=O) groups is 1. The van der Waals surface area contributed by atoms with Crippen LogP contribution in [0.5, 0.6) is 5.88 Å². The van der Waals surface area contributed by atoms with Gasteiger partial charge in [0.05, 0.1) is 43.0 Å². The molecule has 1 unspecified atom stereocenters. The molecule has 5 heterocycles. The summed E-state index contributed by atoms with van der Waals surface area (Å²) in [5.41, 5.74) is 3.33. The fourth-order valence-corrected chi connectivity index (χ4v) is 3.65. The van der Waals surface area contributed by atoms with E-state index in [1.165, 1.54) is 0 Å². The van der Waals surface area contributed by atoms with E-state index in [2.05, 4.69) is 15.4 Å². The largest absolute Gasteiger partial charge is 0.473 e. The Hall–Kier alpha value is -2.94. The highest BCUT2D eigenvalue weighted by Gasteiger charge is 2.29. The maximum Gasteiger partial charge on any atom is 0.241 e. The fourth-order valence-electron chi connectivity index (χ4n) is 3.65. The number of aromatic nitrogens is 5. The van der Waals surface area contributed by atoms with Crippen LogP contribution in [0.4, 0.5) is 0 Å². The molecule has 28 heavy (non-hydrogen) atoms. The van der Waals surface area contributed by atoms with Gasteiger partial charge >= 0.3 is 0 Å². The number of nitrogens with zero attached hydrogens (tertiary/aromatic N) is 5. The Morgan fingerprint density at radius 2 is 2.25 bits per heavy atom. The third kappa shape index (κ3) is 2.91. The predicted molar refractivity (Wildman–Crippen MR) is 101 cm³/mol. The molecule has 0 saturated carbocycles. The van der Waals surface area contributed by atoms with Gasteiger partial charge in [0.25, 0.3) is 0 Å². The Balaban J connectivity index is 1.49. The fraction of sp³-hybridized carbons (Fsp3) is 0.474. The van der Waals surface area contributed by atoms with Gasteiger partial charge in [-0.1, -0.05) is 0 Å². The van der Waals surface area contributed by atoms with Crippen molar-refractivity contribution in [2.75, 3.05) is 19.8 Å². The van der Waals surface area contributed by atoms with Crippen molar-refractivity contribution in [2.24, 2.45) is 13.0 Å². The number of hydrogen-bond acceptors (Lipinski definition) is 6. The summed E-state index contributed by atoms with van der Waals surface area (Å²) in [6.45, 7) is 3.99. The maximum absolute atomic E-state index is 11.5. The van der Waals surface area contributed by atoms with Crippen LogP contribution in [0.25, 0.3) is 22.3 Å². The van der Waals surface area contributed by atoms with Crippen LogP contribution < -0.4 is 10.1 Å². The molecule has 146 valence electrons. The molecule has 2 saturated heterocycles. The van der Waals surface area contributed by atoms with Crippen LogP contribution in [-0.2, 0) is 16.6 Å². The number of carbonyl (C=O) groups excluding carboxylic acids is 1. The summed E-state index contributed by atoms with van der Waals surface area (Å²) >= 11 is 0. The minimum atomic E-state index is -0.144. The number of pyridine rings is 1. The first-order valence-corrected chi connectivity index (χ1v) is 9.46. The van der Waals surface area contributed by atoms with E-state index in [1.807, 2.05) is 41.7 Å². The highest BCUT2D eigenvalue weighted by Crippen LogP contribution is 2.31. The third-order valence-electron chi connectivity index (χ3n) is 5.53. The van der Waals surface area contributed by atoms with Gasteiger partial charge in [0, 0.05) is 37.7 Å². The smallest absolute Gasteiger partial charge is 0.241 e. The van der Waals surface area contributed by atoms with Gasteiger partial charge in [-0.3, -0.25) is 9.48 Å². The molecule has 5 rings (SSSR count). The summed E-state index contributed by atoms with van der Waals surface area (Å²) in [4.78, 5) is 20.8. The Kier molecular flexibility index (Phi) is 4.04. The van der Waals surface area contributed by atoms with Gasteiger partial charge in [0.15, 0.2) is 0 Å². The molecule has 9 heteroatoms. The topological polar surface area (TPSA) is 96.1 Å². The van der Waals surface area contributed by atoms with Gasteiger partial charge < -0.3 is 19.4 Å². The number of ether oxygens (including phenoxy) is 2. The van der Waals surface area contributed by atoms with E-state index in [1.54, 1.807) is 6.33 Å². The molecule has 2 atom stereocenters. The zero-order valence-electron chi connectivity index (χ0n) is 15.8. The van der Waals surface area contributed by atoms with Crippen LogP contribution in [0.3, 0.4) is 0 Å². The molecule has 9 nitrogen and oxygen atoms in total. The van der Waals surface area contributed by atoms with Crippen LogP contribution in [-0.4, -0.2) is 56.1 Å². The van der Waals surface area contributed by atoms with Crippen LogP contribution in [0, 0.1) is 5.92 Å². The number of aryl methyl sites for hydroxylation is 1. The van der Waals surface area contributed by atoms with Crippen molar-refractivity contribution in [1.29, 1.82) is 0 Å². The quantitative estimate of drug-likeness (QED) is 0.715. The van der Waals surface area contributed by atoms with Crippen LogP contribution in [0.2, 0.25) is 0 Å². The molecular weight excluding hydrogens is 360 g/mol. The lowest BCUT2D eigenvalue weighted by Crippen LogP contribution is -2.30. The van der Waals surface area contributed by atoms with Crippen molar-refractivity contribution in [2.45, 2.75) is 25.5 Å². The Morgan fingerprint density at radius 3 is 2.96 bits per heavy atom. The van der Waals surface area contributed by atoms with Crippen molar-refractivity contribution in [3.8, 4) is 17.1 Å². The number of hydrogen-bond donors (Lipinski definition) is 1. The molecule has 2 aliphatic rings. The molecule has 0 aromatic carbocycles. The number of rotatable bonds is 5. The van der Waals surface area contributed by atoms with Crippen molar-refractivity contribution in [3.05, 3.63) is 24.8 Å². The zero-order chi connectivity index (χ0) is 19.3. The molecule has 2 fully saturated rings. The highest BCUT2D eigenvalue weighted by atomic mass is 16.5. The van der Waals surface area contributed by atoms with Crippen molar-refractivity contribution in [3.63, 3.8) is 0 Å². The first kappa shape index (κ1) is 17.2. The van der Waals surface area contributed by atoms with Crippen molar-refractivity contribution >= 4 is 16.9 Å². The lowest BCUT2D eigenvalue weighted by atomic mass is 10.0. The lowest BCUT2D eigenvalue weighted by Gasteiger charge is -2.25. The molecule has 0 aliphatic carbocycles. The van der Waals surface area contributed by atoms with Crippen molar-refractivity contribution in [1.82, 2.24) is 29.6 Å². The Labute approximate surface area is 161 Å². The molecule has 1 N–H and O–H groups in total. The van der Waals surface area contributed by atoms with E-state index in [0.717, 1.165) is 22.3 Å². The van der Waals surface area contributed by atoms with E-state index in [-0.39, 0.29) is 24.0 Å². The maximum atomic E-state index is 11.5. The van der Waals surface area contributed by atoms with E-state index in [0.29, 0.717) is 32.1 Å². The molecule has 3 aromatic heterocycles. The summed E-state index contributed by atoms with van der Waals surface area (Å²) in [5, 5.41) is 7.31. The standard InChI is InChI=1S/C19H22N6O3/c1-11(12-3-17(26)20-5-12)28-19-18-16(21-10-24(18)2)4-15(23-19)13-6-22-25(7-13)14-8-27-9-14/h4,6-7,10-12,14H,3,5,8-9H2,1-2H3,(H,20,26)/t11-,12?/m1/s1. The molecule has 0 bridgehead atoms. The number of amides is 1. The molecular formula is C19H22N6O3. The van der Waals surface area contributed by atoms with Crippen LogP contribution >= 0.6 is 0 Å². The molecule has 0 radical (unpaired) electrons. The van der Waals surface area contributed by atoms with E-state index < -0.39 is 0 Å². The molecule has 0 spiro atoms. The van der Waals surface area contributed by atoms with E-state index in [4.69, 9.17) is 14.5 Å². The number of imidazole rings is 1. The van der Waals surface area contributed by atoms with Gasteiger partial charge in [-0.05, 0) is 13.0 Å². The van der Waals surface area contributed by atoms with Gasteiger partial charge in [-0.2, -0.15) is 5.10 Å². The summed E-state index contributed by atoms with van der Waals surface area (Å²) in [5.74, 6) is 0.724. The summed E-state index contributed by atoms with van der Waals surface area (Å²) in [6.07, 6.45) is 5.88. The van der Waals surface area contributed by atoms with Gasteiger partial charge in [0.2, 0.25) is 11.8 Å². The monoisotopic (exact) mass is 382 g/mol. The van der Waals surface area contributed by atoms with Gasteiger partial charge in [-0.25, -0.2) is 9.97 Å². The normalized spacial score (nSPS) is 20.9. The van der Waals surface area contributed by atoms with Crippen molar-refractivity contribution < 1.29 is 14.3 Å². The predicted octanol–water partition coefficient (Wildman–Crippen LogP) is 1.31. The van der Waals surface area contributed by atoms with Crippen LogP contribution in [0.1, 0.15) is 19.4 Å². The van der Waals surface area contributed by atoms with Gasteiger partial charge in [-0.15, -0.1) is 0 Å². The highest BCUT2D eigenvalue weighted by molar-refractivity contribution is 5.84. The third-order valence-corrected chi connectivity index (χ3v) is 5.53. The zero-order valence-corrected chi connectivity index (χ0v) is 15.8.